The molecule has 4 heteroatoms. The largest absolute Gasteiger partial charge is 0.500 e. The lowest BCUT2D eigenvalue weighted by Crippen LogP contribution is -2.32. The Kier molecular flexibility index (Phi) is 4.53. The van der Waals surface area contributed by atoms with Crippen LogP contribution in [-0.2, 0) is 10.2 Å². The fourth-order valence-corrected chi connectivity index (χ4v) is 1.21. The minimum atomic E-state index is -3.09. The van der Waals surface area contributed by atoms with Crippen LogP contribution in [0.4, 0.5) is 0 Å². The zero-order valence-corrected chi connectivity index (χ0v) is 8.44. The van der Waals surface area contributed by atoms with Crippen molar-refractivity contribution in [3.63, 3.8) is 0 Å². The number of rotatable bonds is 4. The van der Waals surface area contributed by atoms with E-state index in [0.29, 0.717) is 6.42 Å². The maximum absolute atomic E-state index is 10.0. The second kappa shape index (κ2) is 5.75. The number of hydrogen-bond acceptors (Lipinski definition) is 3. The van der Waals surface area contributed by atoms with Gasteiger partial charge in [0.15, 0.2) is 6.26 Å². The van der Waals surface area contributed by atoms with Gasteiger partial charge in [-0.3, -0.25) is 0 Å². The molecule has 0 aromatic heterocycles. The highest BCUT2D eigenvalue weighted by Crippen LogP contribution is 2.00. The van der Waals surface area contributed by atoms with Gasteiger partial charge in [-0.05, 0) is 18.1 Å². The van der Waals surface area contributed by atoms with Gasteiger partial charge in [0.05, 0.1) is 0 Å². The SMILES string of the molecule is [O-][Br+2]([O-])O/C=C/Cc1ccccc1. The first-order valence-electron chi connectivity index (χ1n) is 3.70. The normalized spacial score (nSPS) is 11.0. The van der Waals surface area contributed by atoms with Gasteiger partial charge >= 0.3 is 14.8 Å². The molecule has 0 bridgehead atoms. The summed E-state index contributed by atoms with van der Waals surface area (Å²) in [7, 11) is 0. The van der Waals surface area contributed by atoms with Gasteiger partial charge in [0.1, 0.15) is 0 Å². The Morgan fingerprint density at radius 1 is 1.23 bits per heavy atom. The predicted octanol–water partition coefficient (Wildman–Crippen LogP) is -0.154. The molecule has 0 unspecified atom stereocenters. The van der Waals surface area contributed by atoms with Crippen LogP contribution in [0, 0.1) is 14.8 Å². The summed E-state index contributed by atoms with van der Waals surface area (Å²) in [6.07, 6.45) is 3.54. The Morgan fingerprint density at radius 3 is 2.54 bits per heavy atom. The molecule has 0 N–H and O–H groups in total. The molecule has 0 saturated carbocycles. The Balaban J connectivity index is 2.31. The molecule has 1 rings (SSSR count). The van der Waals surface area contributed by atoms with Crippen LogP contribution < -0.4 is 8.40 Å². The number of allylic oxidation sites excluding steroid dienone is 1. The van der Waals surface area contributed by atoms with E-state index < -0.39 is 14.8 Å². The quantitative estimate of drug-likeness (QED) is 0.693. The second-order valence-corrected chi connectivity index (χ2v) is 3.51. The summed E-state index contributed by atoms with van der Waals surface area (Å²) >= 11 is -3.09. The van der Waals surface area contributed by atoms with Crippen molar-refractivity contribution in [1.29, 1.82) is 0 Å². The van der Waals surface area contributed by atoms with Crippen molar-refractivity contribution in [2.45, 2.75) is 6.42 Å². The summed E-state index contributed by atoms with van der Waals surface area (Å²) in [5.41, 5.74) is 1.12. The Morgan fingerprint density at radius 2 is 1.92 bits per heavy atom. The fourth-order valence-electron chi connectivity index (χ4n) is 0.877. The first kappa shape index (κ1) is 10.2. The van der Waals surface area contributed by atoms with Gasteiger partial charge in [-0.25, -0.2) is 0 Å². The van der Waals surface area contributed by atoms with Crippen LogP contribution in [0.5, 0.6) is 0 Å². The molecule has 13 heavy (non-hydrogen) atoms. The third-order valence-corrected chi connectivity index (χ3v) is 1.94. The van der Waals surface area contributed by atoms with E-state index in [2.05, 4.69) is 3.83 Å². The van der Waals surface area contributed by atoms with Crippen molar-refractivity contribution in [3.05, 3.63) is 48.2 Å². The van der Waals surface area contributed by atoms with Crippen LogP contribution in [0.1, 0.15) is 5.56 Å². The molecule has 0 spiro atoms. The monoisotopic (exact) mass is 244 g/mol. The van der Waals surface area contributed by atoms with Crippen molar-refractivity contribution in [1.82, 2.24) is 0 Å². The van der Waals surface area contributed by atoms with Gasteiger partial charge in [0.2, 0.25) is 0 Å². The summed E-state index contributed by atoms with van der Waals surface area (Å²) in [6.45, 7) is 0. The van der Waals surface area contributed by atoms with Gasteiger partial charge in [0.25, 0.3) is 0 Å². The second-order valence-electron chi connectivity index (χ2n) is 2.34. The standard InChI is InChI=1S/C9H9BrO3/c11-10(12)13-8-4-7-9-5-2-1-3-6-9/h1-6,8H,7H2/b8-4+. The molecule has 0 aliphatic carbocycles. The fraction of sp³-hybridized carbons (Fsp3) is 0.111. The van der Waals surface area contributed by atoms with Crippen molar-refractivity contribution < 1.29 is 27.0 Å². The average molecular weight is 245 g/mol. The summed E-state index contributed by atoms with van der Waals surface area (Å²) < 4.78 is 24.3. The van der Waals surface area contributed by atoms with E-state index in [9.17, 15) is 8.40 Å². The van der Waals surface area contributed by atoms with Crippen LogP contribution in [0.2, 0.25) is 0 Å². The van der Waals surface area contributed by atoms with E-state index in [1.54, 1.807) is 6.08 Å². The van der Waals surface area contributed by atoms with E-state index >= 15 is 0 Å². The minimum absolute atomic E-state index is 0.677. The van der Waals surface area contributed by atoms with Crippen molar-refractivity contribution >= 4 is 0 Å². The van der Waals surface area contributed by atoms with Crippen LogP contribution in [-0.4, -0.2) is 0 Å². The highest BCUT2D eigenvalue weighted by atomic mass is 80.0. The number of hydrogen-bond donors (Lipinski definition) is 0. The zero-order valence-electron chi connectivity index (χ0n) is 6.85. The summed E-state index contributed by atoms with van der Waals surface area (Å²) in [6, 6.07) is 9.72. The topological polar surface area (TPSA) is 55.3 Å². The molecule has 0 fully saturated rings. The van der Waals surface area contributed by atoms with Gasteiger partial charge in [-0.15, -0.1) is 3.83 Å². The summed E-state index contributed by atoms with van der Waals surface area (Å²) in [5, 5.41) is 0. The Labute approximate surface area is 82.1 Å². The highest BCUT2D eigenvalue weighted by molar-refractivity contribution is 5.16. The van der Waals surface area contributed by atoms with Crippen LogP contribution in [0.25, 0.3) is 0 Å². The van der Waals surface area contributed by atoms with Crippen molar-refractivity contribution in [2.24, 2.45) is 0 Å². The molecule has 0 heterocycles. The van der Waals surface area contributed by atoms with Crippen LogP contribution in [0.3, 0.4) is 0 Å². The highest BCUT2D eigenvalue weighted by Gasteiger charge is 2.03. The molecule has 3 nitrogen and oxygen atoms in total. The molecule has 0 saturated heterocycles. The maximum atomic E-state index is 10.0. The minimum Gasteiger partial charge on any atom is -0.361 e. The van der Waals surface area contributed by atoms with Gasteiger partial charge in [-0.1, -0.05) is 30.3 Å². The third-order valence-electron chi connectivity index (χ3n) is 1.42. The Hall–Kier alpha value is -0.840. The Bertz CT molecular complexity index is 259. The van der Waals surface area contributed by atoms with E-state index in [4.69, 9.17) is 0 Å². The molecular formula is C9H9BrO3. The molecule has 0 amide bonds. The molecular weight excluding hydrogens is 236 g/mol. The van der Waals surface area contributed by atoms with Crippen LogP contribution >= 0.6 is 0 Å². The van der Waals surface area contributed by atoms with E-state index in [1.807, 2.05) is 30.3 Å². The molecule has 0 aliphatic rings. The van der Waals surface area contributed by atoms with E-state index in [1.165, 1.54) is 6.26 Å². The van der Waals surface area contributed by atoms with Crippen molar-refractivity contribution in [3.8, 4) is 0 Å². The average Bonchev–Trinajstić information content (AvgIpc) is 2.14. The zero-order chi connectivity index (χ0) is 9.52. The van der Waals surface area contributed by atoms with E-state index in [-0.39, 0.29) is 0 Å². The number of benzene rings is 1. The molecule has 1 aromatic rings. The summed E-state index contributed by atoms with van der Waals surface area (Å²) in [5.74, 6) is 0. The smallest absolute Gasteiger partial charge is 0.361 e. The molecule has 70 valence electrons. The first-order valence-corrected chi connectivity index (χ1v) is 5.65. The third kappa shape index (κ3) is 4.67. The number of halogens is 1. The molecule has 1 aromatic carbocycles. The lowest BCUT2D eigenvalue weighted by Gasteiger charge is -1.92. The molecule has 0 aliphatic heterocycles. The summed E-state index contributed by atoms with van der Waals surface area (Å²) in [4.78, 5) is 0. The lowest BCUT2D eigenvalue weighted by molar-refractivity contribution is -1.63. The van der Waals surface area contributed by atoms with Gasteiger partial charge < -0.3 is 8.40 Å². The molecule has 0 atom stereocenters. The van der Waals surface area contributed by atoms with Gasteiger partial charge in [-0.2, -0.15) is 0 Å². The maximum Gasteiger partial charge on any atom is 0.500 e. The molecule has 0 radical (unpaired) electrons. The first-order chi connectivity index (χ1) is 6.29. The van der Waals surface area contributed by atoms with Gasteiger partial charge in [0, 0.05) is 0 Å². The van der Waals surface area contributed by atoms with Crippen molar-refractivity contribution in [2.75, 3.05) is 0 Å². The lowest BCUT2D eigenvalue weighted by atomic mass is 10.2. The predicted molar refractivity (Wildman–Crippen MR) is 40.4 cm³/mol. The van der Waals surface area contributed by atoms with Crippen LogP contribution in [0.15, 0.2) is 42.7 Å². The van der Waals surface area contributed by atoms with E-state index in [0.717, 1.165) is 5.56 Å².